The fraction of sp³-hybridized carbons (Fsp3) is 0.143. The van der Waals surface area contributed by atoms with Crippen LogP contribution in [0.25, 0.3) is 0 Å². The van der Waals surface area contributed by atoms with Crippen LogP contribution in [0.15, 0.2) is 36.5 Å². The molecule has 1 amide bonds. The molecule has 0 spiro atoms. The van der Waals surface area contributed by atoms with Crippen molar-refractivity contribution in [3.8, 4) is 11.5 Å². The first-order valence-corrected chi connectivity index (χ1v) is 5.88. The van der Waals surface area contributed by atoms with Gasteiger partial charge in [0.1, 0.15) is 17.3 Å². The van der Waals surface area contributed by atoms with Crippen molar-refractivity contribution in [1.82, 2.24) is 4.98 Å². The van der Waals surface area contributed by atoms with E-state index in [9.17, 15) is 4.79 Å². The minimum Gasteiger partial charge on any atom is -0.497 e. The molecule has 1 aromatic carbocycles. The van der Waals surface area contributed by atoms with Gasteiger partial charge in [-0.1, -0.05) is 0 Å². The smallest absolute Gasteiger partial charge is 0.255 e. The third-order valence-electron chi connectivity index (χ3n) is 2.65. The van der Waals surface area contributed by atoms with E-state index in [1.165, 1.54) is 12.3 Å². The largest absolute Gasteiger partial charge is 0.497 e. The lowest BCUT2D eigenvalue weighted by Crippen LogP contribution is -2.12. The Balaban J connectivity index is 2.23. The molecule has 104 valence electrons. The number of pyridine rings is 1. The third kappa shape index (κ3) is 3.17. The number of nitrogens with one attached hydrogen (secondary N) is 1. The number of amides is 1. The SMILES string of the molecule is COc1cc(NC(=O)c2ccnc(N)c2)cc(OC)c1. The molecule has 6 heteroatoms. The Bertz CT molecular complexity index is 607. The molecule has 0 atom stereocenters. The van der Waals surface area contributed by atoms with Gasteiger partial charge in [0.15, 0.2) is 0 Å². The van der Waals surface area contributed by atoms with Gasteiger partial charge in [-0.2, -0.15) is 0 Å². The number of anilines is 2. The predicted octanol–water partition coefficient (Wildman–Crippen LogP) is 1.93. The number of hydrogen-bond acceptors (Lipinski definition) is 5. The van der Waals surface area contributed by atoms with Crippen molar-refractivity contribution in [2.75, 3.05) is 25.3 Å². The highest BCUT2D eigenvalue weighted by Gasteiger charge is 2.09. The van der Waals surface area contributed by atoms with Gasteiger partial charge >= 0.3 is 0 Å². The first-order chi connectivity index (χ1) is 9.62. The summed E-state index contributed by atoms with van der Waals surface area (Å²) in [5.74, 6) is 1.19. The van der Waals surface area contributed by atoms with Gasteiger partial charge in [0, 0.05) is 35.6 Å². The monoisotopic (exact) mass is 273 g/mol. The quantitative estimate of drug-likeness (QED) is 0.889. The lowest BCUT2D eigenvalue weighted by molar-refractivity contribution is 0.102. The van der Waals surface area contributed by atoms with Crippen LogP contribution in [0.3, 0.4) is 0 Å². The average molecular weight is 273 g/mol. The van der Waals surface area contributed by atoms with Gasteiger partial charge < -0.3 is 20.5 Å². The van der Waals surface area contributed by atoms with Crippen molar-refractivity contribution in [2.24, 2.45) is 0 Å². The number of ether oxygens (including phenoxy) is 2. The zero-order chi connectivity index (χ0) is 14.5. The zero-order valence-corrected chi connectivity index (χ0v) is 11.2. The summed E-state index contributed by atoms with van der Waals surface area (Å²) in [7, 11) is 3.09. The molecule has 1 aromatic heterocycles. The van der Waals surface area contributed by atoms with Gasteiger partial charge in [0.25, 0.3) is 5.91 Å². The number of nitrogens with zero attached hydrogens (tertiary/aromatic N) is 1. The number of rotatable bonds is 4. The molecule has 0 saturated heterocycles. The number of carbonyl (C=O) groups is 1. The molecule has 0 radical (unpaired) electrons. The molecule has 0 bridgehead atoms. The van der Waals surface area contributed by atoms with Crippen molar-refractivity contribution in [1.29, 1.82) is 0 Å². The average Bonchev–Trinajstić information content (AvgIpc) is 2.46. The van der Waals surface area contributed by atoms with Crippen molar-refractivity contribution in [3.63, 3.8) is 0 Å². The van der Waals surface area contributed by atoms with Crippen LogP contribution in [-0.2, 0) is 0 Å². The molecule has 2 rings (SSSR count). The molecule has 2 aromatic rings. The first-order valence-electron chi connectivity index (χ1n) is 5.88. The Kier molecular flexibility index (Phi) is 4.05. The highest BCUT2D eigenvalue weighted by atomic mass is 16.5. The minimum atomic E-state index is -0.283. The number of hydrogen-bond donors (Lipinski definition) is 2. The normalized spacial score (nSPS) is 9.90. The Hall–Kier alpha value is -2.76. The van der Waals surface area contributed by atoms with Gasteiger partial charge in [-0.25, -0.2) is 4.98 Å². The van der Waals surface area contributed by atoms with Crippen molar-refractivity contribution in [2.45, 2.75) is 0 Å². The summed E-state index contributed by atoms with van der Waals surface area (Å²) in [4.78, 5) is 15.9. The number of benzene rings is 1. The van der Waals surface area contributed by atoms with E-state index in [4.69, 9.17) is 15.2 Å². The summed E-state index contributed by atoms with van der Waals surface area (Å²) in [6.07, 6.45) is 1.48. The van der Waals surface area contributed by atoms with Crippen LogP contribution in [0.5, 0.6) is 11.5 Å². The van der Waals surface area contributed by atoms with E-state index in [2.05, 4.69) is 10.3 Å². The van der Waals surface area contributed by atoms with Gasteiger partial charge in [0.05, 0.1) is 14.2 Å². The Morgan fingerprint density at radius 2 is 1.80 bits per heavy atom. The number of nitrogens with two attached hydrogens (primary N) is 1. The maximum Gasteiger partial charge on any atom is 0.255 e. The third-order valence-corrected chi connectivity index (χ3v) is 2.65. The van der Waals surface area contributed by atoms with Gasteiger partial charge in [-0.05, 0) is 12.1 Å². The molecule has 0 fully saturated rings. The summed E-state index contributed by atoms with van der Waals surface area (Å²) in [6, 6.07) is 8.21. The van der Waals surface area contributed by atoms with Crippen LogP contribution in [0.2, 0.25) is 0 Å². The van der Waals surface area contributed by atoms with Crippen LogP contribution in [-0.4, -0.2) is 25.1 Å². The van der Waals surface area contributed by atoms with Crippen LogP contribution in [0.4, 0.5) is 11.5 Å². The summed E-state index contributed by atoms with van der Waals surface area (Å²) in [6.45, 7) is 0. The number of nitrogen functional groups attached to an aromatic ring is 1. The van der Waals surface area contributed by atoms with Crippen LogP contribution < -0.4 is 20.5 Å². The summed E-state index contributed by atoms with van der Waals surface area (Å²) >= 11 is 0. The Labute approximate surface area is 116 Å². The summed E-state index contributed by atoms with van der Waals surface area (Å²) in [5.41, 5.74) is 6.55. The van der Waals surface area contributed by atoms with E-state index in [1.807, 2.05) is 0 Å². The molecule has 0 saturated carbocycles. The maximum atomic E-state index is 12.1. The van der Waals surface area contributed by atoms with E-state index in [1.54, 1.807) is 38.5 Å². The van der Waals surface area contributed by atoms with Gasteiger partial charge in [-0.15, -0.1) is 0 Å². The molecule has 0 aliphatic rings. The Morgan fingerprint density at radius 1 is 1.15 bits per heavy atom. The van der Waals surface area contributed by atoms with Gasteiger partial charge in [-0.3, -0.25) is 4.79 Å². The molecule has 0 aliphatic carbocycles. The number of aromatic nitrogens is 1. The summed E-state index contributed by atoms with van der Waals surface area (Å²) in [5, 5.41) is 2.75. The topological polar surface area (TPSA) is 86.5 Å². The van der Waals surface area contributed by atoms with Crippen LogP contribution in [0, 0.1) is 0 Å². The first kappa shape index (κ1) is 13.7. The standard InChI is InChI=1S/C14H15N3O3/c1-19-11-6-10(7-12(8-11)20-2)17-14(18)9-3-4-16-13(15)5-9/h3-8H,1-2H3,(H2,15,16)(H,17,18). The fourth-order valence-electron chi connectivity index (χ4n) is 1.67. The van der Waals surface area contributed by atoms with Crippen molar-refractivity contribution >= 4 is 17.4 Å². The van der Waals surface area contributed by atoms with E-state index in [0.717, 1.165) is 0 Å². The molecular weight excluding hydrogens is 258 g/mol. The van der Waals surface area contributed by atoms with Crippen molar-refractivity contribution in [3.05, 3.63) is 42.1 Å². The molecule has 3 N–H and O–H groups in total. The zero-order valence-electron chi connectivity index (χ0n) is 11.2. The van der Waals surface area contributed by atoms with Crippen LogP contribution >= 0.6 is 0 Å². The van der Waals surface area contributed by atoms with E-state index in [0.29, 0.717) is 28.6 Å². The van der Waals surface area contributed by atoms with Crippen molar-refractivity contribution < 1.29 is 14.3 Å². The van der Waals surface area contributed by atoms with Gasteiger partial charge in [0.2, 0.25) is 0 Å². The molecule has 0 unspecified atom stereocenters. The second-order valence-electron chi connectivity index (χ2n) is 4.02. The van der Waals surface area contributed by atoms with E-state index < -0.39 is 0 Å². The molecule has 6 nitrogen and oxygen atoms in total. The Morgan fingerprint density at radius 3 is 2.35 bits per heavy atom. The molecule has 1 heterocycles. The van der Waals surface area contributed by atoms with E-state index in [-0.39, 0.29) is 5.91 Å². The second kappa shape index (κ2) is 5.92. The fourth-order valence-corrected chi connectivity index (χ4v) is 1.67. The number of methoxy groups -OCH3 is 2. The molecular formula is C14H15N3O3. The van der Waals surface area contributed by atoms with Crippen LogP contribution in [0.1, 0.15) is 10.4 Å². The molecule has 20 heavy (non-hydrogen) atoms. The lowest BCUT2D eigenvalue weighted by Gasteiger charge is -2.10. The predicted molar refractivity (Wildman–Crippen MR) is 76.1 cm³/mol. The lowest BCUT2D eigenvalue weighted by atomic mass is 10.2. The number of carbonyl (C=O) groups excluding carboxylic acids is 1. The highest BCUT2D eigenvalue weighted by Crippen LogP contribution is 2.26. The molecule has 0 aliphatic heterocycles. The second-order valence-corrected chi connectivity index (χ2v) is 4.02. The maximum absolute atomic E-state index is 12.1. The highest BCUT2D eigenvalue weighted by molar-refractivity contribution is 6.04. The summed E-state index contributed by atoms with van der Waals surface area (Å²) < 4.78 is 10.3. The van der Waals surface area contributed by atoms with E-state index >= 15 is 0 Å². The minimum absolute atomic E-state index is 0.283.